The summed E-state index contributed by atoms with van der Waals surface area (Å²) in [6.45, 7) is 12.4. The van der Waals surface area contributed by atoms with Crippen molar-refractivity contribution < 1.29 is 9.63 Å². The molecule has 0 aliphatic carbocycles. The summed E-state index contributed by atoms with van der Waals surface area (Å²) in [6.07, 6.45) is 6.55. The molecule has 6 N–H and O–H groups in total. The topological polar surface area (TPSA) is 103 Å². The second-order valence-corrected chi connectivity index (χ2v) is 17.1. The second-order valence-electron chi connectivity index (χ2n) is 11.8. The molecular formula is C35H65N9O2P2S2. The maximum Gasteiger partial charge on any atom is 0.187 e. The minimum Gasteiger partial charge on any atom is -0.395 e. The first-order chi connectivity index (χ1) is 24.1. The van der Waals surface area contributed by atoms with E-state index in [-0.39, 0.29) is 14.8 Å². The van der Waals surface area contributed by atoms with Crippen LogP contribution in [0.1, 0.15) is 39.0 Å². The SMILES string of the molecule is CCCCCNC.CN1CCCN(C)P1C.CN1CCCN(C)P1OCCNC(=S)Nc1ccccc1.OCCNC(=S)Nc1ccccc1. The van der Waals surface area contributed by atoms with Gasteiger partial charge in [0, 0.05) is 58.9 Å². The molecule has 0 spiro atoms. The van der Waals surface area contributed by atoms with E-state index >= 15 is 0 Å². The van der Waals surface area contributed by atoms with Gasteiger partial charge in [0.25, 0.3) is 0 Å². The van der Waals surface area contributed by atoms with Gasteiger partial charge in [-0.3, -0.25) is 18.7 Å². The van der Waals surface area contributed by atoms with Gasteiger partial charge in [0.1, 0.15) is 0 Å². The van der Waals surface area contributed by atoms with E-state index in [9.17, 15) is 0 Å². The number of benzene rings is 2. The Morgan fingerprint density at radius 2 is 1.18 bits per heavy atom. The highest BCUT2D eigenvalue weighted by atomic mass is 32.1. The summed E-state index contributed by atoms with van der Waals surface area (Å²) >= 11 is 10.2. The number of hydrogen-bond donors (Lipinski definition) is 6. The molecule has 50 heavy (non-hydrogen) atoms. The Bertz CT molecular complexity index is 1110. The molecule has 2 aliphatic rings. The zero-order chi connectivity index (χ0) is 37.0. The average Bonchev–Trinajstić information content (AvgIpc) is 3.11. The van der Waals surface area contributed by atoms with Gasteiger partial charge < -0.3 is 36.2 Å². The number of unbranched alkanes of at least 4 members (excludes halogenated alkanes) is 2. The van der Waals surface area contributed by atoms with Gasteiger partial charge in [-0.1, -0.05) is 56.2 Å². The van der Waals surface area contributed by atoms with E-state index in [2.05, 4.69) is 87.0 Å². The Morgan fingerprint density at radius 1 is 0.720 bits per heavy atom. The maximum absolute atomic E-state index is 8.53. The molecule has 0 saturated carbocycles. The highest BCUT2D eigenvalue weighted by Gasteiger charge is 2.25. The van der Waals surface area contributed by atoms with Crippen molar-refractivity contribution in [2.45, 2.75) is 39.0 Å². The van der Waals surface area contributed by atoms with Crippen LogP contribution in [0.3, 0.4) is 0 Å². The summed E-state index contributed by atoms with van der Waals surface area (Å²) in [4.78, 5) is 0. The molecule has 2 heterocycles. The molecule has 15 heteroatoms. The summed E-state index contributed by atoms with van der Waals surface area (Å²) in [5.41, 5.74) is 1.94. The van der Waals surface area contributed by atoms with Gasteiger partial charge in [0.2, 0.25) is 0 Å². The number of nitrogens with one attached hydrogen (secondary N) is 5. The van der Waals surface area contributed by atoms with Crippen LogP contribution in [-0.2, 0) is 4.52 Å². The molecule has 2 saturated heterocycles. The molecule has 0 radical (unpaired) electrons. The van der Waals surface area contributed by atoms with Gasteiger partial charge in [-0.15, -0.1) is 0 Å². The quantitative estimate of drug-likeness (QED) is 0.0861. The third kappa shape index (κ3) is 22.4. The van der Waals surface area contributed by atoms with Gasteiger partial charge in [0.15, 0.2) is 18.7 Å². The number of hydrogen-bond acceptors (Lipinski definition) is 9. The van der Waals surface area contributed by atoms with Crippen LogP contribution >= 0.6 is 41.1 Å². The smallest absolute Gasteiger partial charge is 0.187 e. The average molecular weight is 770 g/mol. The molecule has 2 fully saturated rings. The van der Waals surface area contributed by atoms with Crippen LogP contribution < -0.4 is 26.6 Å². The fourth-order valence-electron chi connectivity index (χ4n) is 4.64. The predicted octanol–water partition coefficient (Wildman–Crippen LogP) is 6.04. The van der Waals surface area contributed by atoms with Crippen LogP contribution in [0, 0.1) is 0 Å². The van der Waals surface area contributed by atoms with Crippen LogP contribution in [0.15, 0.2) is 60.7 Å². The highest BCUT2D eigenvalue weighted by molar-refractivity contribution is 7.80. The molecule has 11 nitrogen and oxygen atoms in total. The Morgan fingerprint density at radius 3 is 1.60 bits per heavy atom. The molecule has 0 aromatic heterocycles. The predicted molar refractivity (Wildman–Crippen MR) is 227 cm³/mol. The number of anilines is 2. The molecule has 2 aromatic carbocycles. The van der Waals surface area contributed by atoms with Crippen molar-refractivity contribution in [3.8, 4) is 0 Å². The Balaban J connectivity index is 0.000000367. The van der Waals surface area contributed by atoms with Crippen LogP contribution in [0.25, 0.3) is 0 Å². The lowest BCUT2D eigenvalue weighted by Crippen LogP contribution is -2.35. The molecule has 4 rings (SSSR count). The zero-order valence-corrected chi connectivity index (χ0v) is 35.0. The fourth-order valence-corrected chi connectivity index (χ4v) is 8.26. The molecule has 2 aliphatic heterocycles. The molecule has 0 atom stereocenters. The number of aliphatic hydroxyl groups excluding tert-OH is 1. The van der Waals surface area contributed by atoms with E-state index in [0.29, 0.717) is 29.9 Å². The fraction of sp³-hybridized carbons (Fsp3) is 0.600. The summed E-state index contributed by atoms with van der Waals surface area (Å²) in [6, 6.07) is 19.5. The van der Waals surface area contributed by atoms with Crippen molar-refractivity contribution in [3.05, 3.63) is 60.7 Å². The summed E-state index contributed by atoms with van der Waals surface area (Å²) < 4.78 is 15.4. The van der Waals surface area contributed by atoms with Gasteiger partial charge in [-0.25, -0.2) is 0 Å². The van der Waals surface area contributed by atoms with Gasteiger partial charge >= 0.3 is 0 Å². The summed E-state index contributed by atoms with van der Waals surface area (Å²) in [7, 11) is 10.1. The monoisotopic (exact) mass is 769 g/mol. The lowest BCUT2D eigenvalue weighted by Gasteiger charge is -2.38. The van der Waals surface area contributed by atoms with E-state index in [1.165, 1.54) is 51.7 Å². The van der Waals surface area contributed by atoms with Crippen LogP contribution in [0.2, 0.25) is 0 Å². The first-order valence-electron chi connectivity index (χ1n) is 17.6. The number of para-hydroxylation sites is 2. The van der Waals surface area contributed by atoms with Crippen molar-refractivity contribution in [2.24, 2.45) is 0 Å². The number of rotatable bonds is 12. The van der Waals surface area contributed by atoms with Crippen molar-refractivity contribution in [1.29, 1.82) is 0 Å². The van der Waals surface area contributed by atoms with Gasteiger partial charge in [-0.2, -0.15) is 0 Å². The van der Waals surface area contributed by atoms with Crippen LogP contribution in [-0.4, -0.2) is 135 Å². The first kappa shape index (κ1) is 46.4. The molecule has 2 aromatic rings. The van der Waals surface area contributed by atoms with Crippen molar-refractivity contribution in [2.75, 3.05) is 112 Å². The van der Waals surface area contributed by atoms with Crippen LogP contribution in [0.5, 0.6) is 0 Å². The Labute approximate surface area is 317 Å². The molecule has 0 amide bonds. The molecule has 0 bridgehead atoms. The number of thiocarbonyl (C=S) groups is 2. The number of aliphatic hydroxyl groups is 1. The van der Waals surface area contributed by atoms with Gasteiger partial charge in [-0.05, 0) is 116 Å². The van der Waals surface area contributed by atoms with E-state index in [1.54, 1.807) is 0 Å². The normalized spacial score (nSPS) is 16.0. The molecule has 284 valence electrons. The third-order valence-corrected chi connectivity index (χ3v) is 12.4. The standard InChI is InChI=1S/C14H23N4OPS.C9H12N2OS.C6H15N2P.C6H15N/c1-17-10-6-11-18(2)20(17)19-12-9-15-14(21)16-13-7-4-3-5-8-13;12-7-6-10-9(13)11-8-4-2-1-3-5-8;1-7-5-4-6-8(2)9(7)3;1-3-4-5-6-7-2/h3-5,7-8H,6,9-12H2,1-2H3,(H2,15,16,21);1-5,12H,6-7H2,(H2,10,11,13);4-6H2,1-3H3;7H,3-6H2,1-2H3. The largest absolute Gasteiger partial charge is 0.395 e. The van der Waals surface area contributed by atoms with Crippen LogP contribution in [0.4, 0.5) is 11.4 Å². The lowest BCUT2D eigenvalue weighted by atomic mass is 10.2. The second kappa shape index (κ2) is 29.9. The van der Waals surface area contributed by atoms with E-state index < -0.39 is 8.45 Å². The minimum absolute atomic E-state index is 0.0526. The van der Waals surface area contributed by atoms with Crippen molar-refractivity contribution >= 4 is 62.7 Å². The third-order valence-electron chi connectivity index (χ3n) is 7.58. The van der Waals surface area contributed by atoms with Crippen molar-refractivity contribution in [1.82, 2.24) is 34.6 Å². The number of nitrogens with zero attached hydrogens (tertiary/aromatic N) is 4. The molecular weight excluding hydrogens is 705 g/mol. The van der Waals surface area contributed by atoms with E-state index in [0.717, 1.165) is 24.5 Å². The first-order valence-corrected chi connectivity index (χ1v) is 21.3. The maximum atomic E-state index is 8.53. The van der Waals surface area contributed by atoms with Crippen molar-refractivity contribution in [3.63, 3.8) is 0 Å². The lowest BCUT2D eigenvalue weighted by molar-refractivity contribution is 0.256. The van der Waals surface area contributed by atoms with E-state index in [1.807, 2.05) is 67.7 Å². The Hall–Kier alpha value is -1.60. The van der Waals surface area contributed by atoms with E-state index in [4.69, 9.17) is 34.1 Å². The summed E-state index contributed by atoms with van der Waals surface area (Å²) in [5.74, 6) is 0. The highest BCUT2D eigenvalue weighted by Crippen LogP contribution is 2.45. The zero-order valence-electron chi connectivity index (χ0n) is 31.5. The Kier molecular flexibility index (Phi) is 27.8. The van der Waals surface area contributed by atoms with Gasteiger partial charge in [0.05, 0.1) is 13.2 Å². The summed E-state index contributed by atoms with van der Waals surface area (Å²) in [5, 5.41) is 24.9. The molecule has 0 unspecified atom stereocenters. The minimum atomic E-state index is -0.610.